The van der Waals surface area contributed by atoms with Crippen LogP contribution in [0, 0.1) is 0 Å². The summed E-state index contributed by atoms with van der Waals surface area (Å²) >= 11 is 3.56. The molecule has 14 rings (SSSR count). The lowest BCUT2D eigenvalue weighted by molar-refractivity contribution is 0.669. The molecule has 0 aliphatic rings. The fraction of sp³-hybridized carbons (Fsp3) is 0. The van der Waals surface area contributed by atoms with Gasteiger partial charge in [-0.15, -0.1) is 22.7 Å². The van der Waals surface area contributed by atoms with Crippen LogP contribution in [-0.4, -0.2) is 19.9 Å². The molecule has 0 saturated carbocycles. The van der Waals surface area contributed by atoms with Gasteiger partial charge in [0.25, 0.3) is 0 Å². The first-order chi connectivity index (χ1) is 32.2. The highest BCUT2D eigenvalue weighted by molar-refractivity contribution is 7.26. The van der Waals surface area contributed by atoms with Crippen molar-refractivity contribution in [3.05, 3.63) is 194 Å². The number of aromatic nitrogens is 4. The average Bonchev–Trinajstić information content (AvgIpc) is 4.07. The van der Waals surface area contributed by atoms with E-state index in [9.17, 15) is 0 Å². The lowest BCUT2D eigenvalue weighted by Gasteiger charge is -2.16. The highest BCUT2D eigenvalue weighted by Gasteiger charge is 2.23. The average molecular weight is 865 g/mol. The smallest absolute Gasteiger partial charge is 0.165 e. The van der Waals surface area contributed by atoms with E-state index in [4.69, 9.17) is 24.4 Å². The van der Waals surface area contributed by atoms with Gasteiger partial charge in [0.15, 0.2) is 17.5 Å². The number of benzene rings is 9. The first-order valence-electron chi connectivity index (χ1n) is 21.6. The highest BCUT2D eigenvalue weighted by Crippen LogP contribution is 2.47. The molecule has 9 aromatic carbocycles. The Labute approximate surface area is 379 Å². The molecule has 65 heavy (non-hydrogen) atoms. The van der Waals surface area contributed by atoms with Crippen LogP contribution in [0.25, 0.3) is 141 Å². The summed E-state index contributed by atoms with van der Waals surface area (Å²) < 4.78 is 11.4. The zero-order valence-electron chi connectivity index (χ0n) is 34.5. The molecule has 14 aromatic rings. The molecule has 0 bridgehead atoms. The summed E-state index contributed by atoms with van der Waals surface area (Å²) in [6.07, 6.45) is 0. The Morgan fingerprint density at radius 2 is 0.877 bits per heavy atom. The van der Waals surface area contributed by atoms with Crippen molar-refractivity contribution in [3.63, 3.8) is 0 Å². The minimum absolute atomic E-state index is 0.611. The lowest BCUT2D eigenvalue weighted by Crippen LogP contribution is -2.00. The fourth-order valence-corrected chi connectivity index (χ4v) is 12.2. The molecule has 0 atom stereocenters. The summed E-state index contributed by atoms with van der Waals surface area (Å²) in [6, 6.07) is 68.3. The summed E-state index contributed by atoms with van der Waals surface area (Å²) in [7, 11) is 0. The molecule has 5 aromatic heterocycles. The lowest BCUT2D eigenvalue weighted by atomic mass is 9.89. The maximum Gasteiger partial charge on any atom is 0.165 e. The van der Waals surface area contributed by atoms with Gasteiger partial charge in [-0.1, -0.05) is 152 Å². The van der Waals surface area contributed by atoms with Gasteiger partial charge in [-0.3, -0.25) is 0 Å². The second kappa shape index (κ2) is 14.2. The maximum absolute atomic E-state index is 6.64. The molecule has 0 amide bonds. The first-order valence-corrected chi connectivity index (χ1v) is 23.3. The van der Waals surface area contributed by atoms with E-state index < -0.39 is 0 Å². The van der Waals surface area contributed by atoms with Crippen molar-refractivity contribution in [3.8, 4) is 56.5 Å². The van der Waals surface area contributed by atoms with Gasteiger partial charge in [0.1, 0.15) is 11.2 Å². The third-order valence-electron chi connectivity index (χ3n) is 12.7. The Hall–Kier alpha value is -8.10. The molecule has 0 saturated heterocycles. The number of pyridine rings is 1. The van der Waals surface area contributed by atoms with Crippen LogP contribution >= 0.6 is 22.7 Å². The Bertz CT molecular complexity index is 4110. The molecule has 5 heterocycles. The Morgan fingerprint density at radius 3 is 1.55 bits per heavy atom. The zero-order valence-corrected chi connectivity index (χ0v) is 36.1. The molecule has 302 valence electrons. The van der Waals surface area contributed by atoms with Gasteiger partial charge in [-0.05, 0) is 48.0 Å². The number of para-hydroxylation sites is 2. The van der Waals surface area contributed by atoms with Crippen LogP contribution in [0.3, 0.4) is 0 Å². The van der Waals surface area contributed by atoms with Gasteiger partial charge in [0.05, 0.1) is 11.2 Å². The van der Waals surface area contributed by atoms with E-state index in [-0.39, 0.29) is 0 Å². The van der Waals surface area contributed by atoms with E-state index in [0.717, 1.165) is 92.1 Å². The van der Waals surface area contributed by atoms with Crippen molar-refractivity contribution in [2.45, 2.75) is 0 Å². The molecular formula is C58H32N4OS2. The van der Waals surface area contributed by atoms with Crippen LogP contribution in [0.1, 0.15) is 0 Å². The summed E-state index contributed by atoms with van der Waals surface area (Å²) in [5.41, 5.74) is 9.65. The topological polar surface area (TPSA) is 64.7 Å². The maximum atomic E-state index is 6.64. The molecule has 5 nitrogen and oxygen atoms in total. The van der Waals surface area contributed by atoms with E-state index in [1.54, 1.807) is 22.7 Å². The number of hydrogen-bond acceptors (Lipinski definition) is 7. The van der Waals surface area contributed by atoms with Crippen molar-refractivity contribution in [1.29, 1.82) is 0 Å². The number of thiophene rings is 2. The highest BCUT2D eigenvalue weighted by atomic mass is 32.1. The molecule has 0 aliphatic heterocycles. The van der Waals surface area contributed by atoms with Crippen molar-refractivity contribution in [2.24, 2.45) is 0 Å². The number of rotatable bonds is 5. The summed E-state index contributed by atoms with van der Waals surface area (Å²) in [6.45, 7) is 0. The summed E-state index contributed by atoms with van der Waals surface area (Å²) in [4.78, 5) is 21.3. The predicted octanol–water partition coefficient (Wildman–Crippen LogP) is 16.5. The van der Waals surface area contributed by atoms with E-state index in [0.29, 0.717) is 17.5 Å². The van der Waals surface area contributed by atoms with Crippen molar-refractivity contribution < 1.29 is 4.42 Å². The SMILES string of the molecule is c1ccc(-c2c3c(cc4c(-c5ccc(-c6nc(-c7cccc8c7sc7ccccc78)nc(-c7cccc8c7sc7ccccc78)n6)cc5)nc5ccccc5c24)oc2ccccc23)cc1. The van der Waals surface area contributed by atoms with Crippen LogP contribution in [0.5, 0.6) is 0 Å². The zero-order chi connectivity index (χ0) is 42.6. The monoisotopic (exact) mass is 864 g/mol. The van der Waals surface area contributed by atoms with E-state index in [2.05, 4.69) is 188 Å². The molecule has 0 N–H and O–H groups in total. The minimum Gasteiger partial charge on any atom is -0.456 e. The van der Waals surface area contributed by atoms with E-state index >= 15 is 0 Å². The third kappa shape index (κ3) is 5.63. The van der Waals surface area contributed by atoms with Gasteiger partial charge >= 0.3 is 0 Å². The van der Waals surface area contributed by atoms with Crippen LogP contribution in [0.2, 0.25) is 0 Å². The van der Waals surface area contributed by atoms with Crippen LogP contribution in [0.4, 0.5) is 0 Å². The number of fused-ring (bicyclic) bond motifs is 12. The summed E-state index contributed by atoms with van der Waals surface area (Å²) in [5, 5.41) is 10.4. The number of furan rings is 1. The molecule has 0 spiro atoms. The van der Waals surface area contributed by atoms with Crippen molar-refractivity contribution in [1.82, 2.24) is 19.9 Å². The molecule has 0 unspecified atom stereocenters. The van der Waals surface area contributed by atoms with Gasteiger partial charge in [-0.25, -0.2) is 19.9 Å². The predicted molar refractivity (Wildman–Crippen MR) is 273 cm³/mol. The van der Waals surface area contributed by atoms with Crippen molar-refractivity contribution in [2.75, 3.05) is 0 Å². The first kappa shape index (κ1) is 36.4. The second-order valence-electron chi connectivity index (χ2n) is 16.4. The Morgan fingerprint density at radius 1 is 0.338 bits per heavy atom. The van der Waals surface area contributed by atoms with Crippen LogP contribution in [0.15, 0.2) is 199 Å². The van der Waals surface area contributed by atoms with E-state index in [1.165, 1.54) is 30.9 Å². The fourth-order valence-electron chi connectivity index (χ4n) is 9.80. The third-order valence-corrected chi connectivity index (χ3v) is 15.2. The molecular weight excluding hydrogens is 833 g/mol. The number of nitrogens with zero attached hydrogens (tertiary/aromatic N) is 4. The molecule has 0 radical (unpaired) electrons. The van der Waals surface area contributed by atoms with Gasteiger partial charge in [-0.2, -0.15) is 0 Å². The quantitative estimate of drug-likeness (QED) is 0.161. The van der Waals surface area contributed by atoms with E-state index in [1.807, 2.05) is 6.07 Å². The molecule has 7 heteroatoms. The Kier molecular flexibility index (Phi) is 7.95. The Balaban J connectivity index is 0.987. The van der Waals surface area contributed by atoms with Gasteiger partial charge < -0.3 is 4.42 Å². The van der Waals surface area contributed by atoms with Crippen LogP contribution in [-0.2, 0) is 0 Å². The van der Waals surface area contributed by atoms with Gasteiger partial charge in [0, 0.05) is 95.1 Å². The second-order valence-corrected chi connectivity index (χ2v) is 18.5. The molecule has 0 aliphatic carbocycles. The molecule has 0 fully saturated rings. The minimum atomic E-state index is 0.611. The van der Waals surface area contributed by atoms with Crippen molar-refractivity contribution >= 4 is 107 Å². The summed E-state index contributed by atoms with van der Waals surface area (Å²) in [5.74, 6) is 1.91. The normalized spacial score (nSPS) is 12.0. The van der Waals surface area contributed by atoms with Gasteiger partial charge in [0.2, 0.25) is 0 Å². The largest absolute Gasteiger partial charge is 0.456 e. The number of hydrogen-bond donors (Lipinski definition) is 0. The standard InChI is InChI=1S/C58H32N4OS2/c1-2-14-33(15-3-1)50-51-40-18-4-8-24-45(40)59-53(44(51)32-47-52(50)41-19-5-9-25-46(41)63-47)34-28-30-35(31-29-34)56-60-57(42-22-12-20-38-36-16-6-10-26-48(36)64-54(38)42)62-58(61-56)43-23-13-21-39-37-17-7-11-27-49(37)65-55(39)43/h1-32H. The van der Waals surface area contributed by atoms with Crippen LogP contribution < -0.4 is 0 Å².